The van der Waals surface area contributed by atoms with Crippen LogP contribution in [0.1, 0.15) is 48.0 Å². The molecule has 2 aliphatic heterocycles. The molecule has 0 radical (unpaired) electrons. The molecule has 2 fully saturated rings. The van der Waals surface area contributed by atoms with Gasteiger partial charge in [0, 0.05) is 29.8 Å². The Hall–Kier alpha value is -2.92. The third-order valence-corrected chi connectivity index (χ3v) is 9.06. The molecule has 192 valence electrons. The summed E-state index contributed by atoms with van der Waals surface area (Å²) in [5.41, 5.74) is 11.9. The molecule has 36 heavy (non-hydrogen) atoms. The number of aliphatic imine (C=N–C) groups is 1. The fraction of sp³-hybridized carbons (Fsp3) is 0.480. The molecular weight excluding hydrogens is 496 g/mol. The summed E-state index contributed by atoms with van der Waals surface area (Å²) in [7, 11) is 0. The van der Waals surface area contributed by atoms with Crippen LogP contribution in [0.25, 0.3) is 0 Å². The van der Waals surface area contributed by atoms with Crippen molar-refractivity contribution in [3.8, 4) is 0 Å². The molecule has 2 amide bonds. The van der Waals surface area contributed by atoms with E-state index in [1.54, 1.807) is 28.2 Å². The minimum Gasteiger partial charge on any atom is -0.370 e. The van der Waals surface area contributed by atoms with E-state index in [1.807, 2.05) is 37.3 Å². The van der Waals surface area contributed by atoms with Gasteiger partial charge in [0.15, 0.2) is 11.0 Å². The van der Waals surface area contributed by atoms with Crippen molar-refractivity contribution in [3.63, 3.8) is 0 Å². The molecule has 0 spiro atoms. The van der Waals surface area contributed by atoms with E-state index in [1.165, 1.54) is 11.3 Å². The molecule has 4 unspecified atom stereocenters. The van der Waals surface area contributed by atoms with Gasteiger partial charge in [-0.05, 0) is 44.6 Å². The van der Waals surface area contributed by atoms with E-state index in [2.05, 4.69) is 15.3 Å². The van der Waals surface area contributed by atoms with Gasteiger partial charge in [-0.15, -0.1) is 23.1 Å². The number of carbonyl (C=O) groups is 3. The van der Waals surface area contributed by atoms with Gasteiger partial charge in [0.25, 0.3) is 0 Å². The van der Waals surface area contributed by atoms with Gasteiger partial charge in [-0.2, -0.15) is 0 Å². The molecule has 0 aliphatic carbocycles. The van der Waals surface area contributed by atoms with E-state index in [0.29, 0.717) is 36.6 Å². The molecule has 4 rings (SSSR count). The maximum absolute atomic E-state index is 13.6. The fourth-order valence-corrected chi connectivity index (χ4v) is 6.96. The smallest absolute Gasteiger partial charge is 0.244 e. The number of hydrogen-bond donors (Lipinski definition) is 3. The number of hydrogen-bond acceptors (Lipinski definition) is 7. The van der Waals surface area contributed by atoms with Crippen LogP contribution >= 0.6 is 23.1 Å². The van der Waals surface area contributed by atoms with Crippen LogP contribution < -0.4 is 16.8 Å². The minimum absolute atomic E-state index is 0.00770. The highest BCUT2D eigenvalue weighted by molar-refractivity contribution is 8.00. The number of ketones is 1. The van der Waals surface area contributed by atoms with Crippen molar-refractivity contribution in [1.29, 1.82) is 0 Å². The highest BCUT2D eigenvalue weighted by Crippen LogP contribution is 2.47. The predicted octanol–water partition coefficient (Wildman–Crippen LogP) is 2.18. The number of aromatic nitrogens is 1. The number of amides is 2. The third-order valence-electron chi connectivity index (χ3n) is 6.77. The number of piperidine rings is 1. The summed E-state index contributed by atoms with van der Waals surface area (Å²) in [6.45, 7) is 2.39. The second-order valence-electron chi connectivity index (χ2n) is 9.35. The minimum atomic E-state index is -0.769. The molecule has 2 aliphatic rings. The van der Waals surface area contributed by atoms with Crippen molar-refractivity contribution in [2.45, 2.75) is 56.0 Å². The van der Waals surface area contributed by atoms with E-state index in [4.69, 9.17) is 11.5 Å². The van der Waals surface area contributed by atoms with Gasteiger partial charge in [-0.1, -0.05) is 30.3 Å². The number of nitrogens with two attached hydrogens (primary N) is 2. The second kappa shape index (κ2) is 11.4. The largest absolute Gasteiger partial charge is 0.370 e. The Kier molecular flexibility index (Phi) is 8.30. The van der Waals surface area contributed by atoms with Crippen LogP contribution in [0.3, 0.4) is 0 Å². The first kappa shape index (κ1) is 26.2. The molecule has 0 saturated carbocycles. The average molecular weight is 529 g/mol. The monoisotopic (exact) mass is 528 g/mol. The molecule has 3 heterocycles. The number of nitrogens with zero attached hydrogens (tertiary/aromatic N) is 3. The van der Waals surface area contributed by atoms with Crippen LogP contribution in [0.2, 0.25) is 0 Å². The molecule has 0 bridgehead atoms. The lowest BCUT2D eigenvalue weighted by Gasteiger charge is -2.44. The topological polar surface area (TPSA) is 144 Å². The van der Waals surface area contributed by atoms with Crippen LogP contribution in [-0.4, -0.2) is 62.7 Å². The van der Waals surface area contributed by atoms with Gasteiger partial charge in [0.2, 0.25) is 17.6 Å². The zero-order valence-corrected chi connectivity index (χ0v) is 21.9. The van der Waals surface area contributed by atoms with Crippen LogP contribution in [0.5, 0.6) is 0 Å². The number of thiazole rings is 1. The first-order chi connectivity index (χ1) is 17.3. The van der Waals surface area contributed by atoms with Gasteiger partial charge in [-0.3, -0.25) is 19.4 Å². The number of carbonyl (C=O) groups excluding carboxylic acids is 3. The Morgan fingerprint density at radius 1 is 1.31 bits per heavy atom. The Balaban J connectivity index is 1.48. The first-order valence-corrected chi connectivity index (χ1v) is 14.0. The van der Waals surface area contributed by atoms with Gasteiger partial charge in [-0.25, -0.2) is 4.98 Å². The van der Waals surface area contributed by atoms with Crippen molar-refractivity contribution in [2.24, 2.45) is 22.4 Å². The number of thioether (sulfide) groups is 1. The zero-order valence-electron chi connectivity index (χ0n) is 20.3. The van der Waals surface area contributed by atoms with Crippen LogP contribution in [0.4, 0.5) is 0 Å². The van der Waals surface area contributed by atoms with Crippen molar-refractivity contribution >= 4 is 46.7 Å². The molecule has 11 heteroatoms. The fourth-order valence-electron chi connectivity index (χ4n) is 4.89. The Bertz CT molecular complexity index is 1110. The van der Waals surface area contributed by atoms with Crippen LogP contribution in [-0.2, 0) is 16.0 Å². The molecule has 1 aromatic carbocycles. The van der Waals surface area contributed by atoms with Crippen LogP contribution in [0.15, 0.2) is 46.9 Å². The van der Waals surface area contributed by atoms with Crippen LogP contribution in [0, 0.1) is 5.92 Å². The number of nitrogens with one attached hydrogen (secondary N) is 1. The average Bonchev–Trinajstić information content (AvgIpc) is 3.52. The van der Waals surface area contributed by atoms with Gasteiger partial charge in [0.1, 0.15) is 6.04 Å². The van der Waals surface area contributed by atoms with E-state index < -0.39 is 17.0 Å². The number of fused-ring (bicyclic) bond motifs is 1. The normalized spacial score (nSPS) is 24.1. The highest BCUT2D eigenvalue weighted by Gasteiger charge is 2.53. The third kappa shape index (κ3) is 5.89. The Labute approximate surface area is 219 Å². The summed E-state index contributed by atoms with van der Waals surface area (Å²) in [5.74, 6) is -0.230. The molecule has 2 saturated heterocycles. The summed E-state index contributed by atoms with van der Waals surface area (Å²) in [4.78, 5) is 49.7. The lowest BCUT2D eigenvalue weighted by Crippen LogP contribution is -2.59. The lowest BCUT2D eigenvalue weighted by molar-refractivity contribution is -0.149. The van der Waals surface area contributed by atoms with E-state index in [0.717, 1.165) is 18.4 Å². The summed E-state index contributed by atoms with van der Waals surface area (Å²) in [6.07, 6.45) is 4.71. The second-order valence-corrected chi connectivity index (χ2v) is 11.7. The zero-order chi connectivity index (χ0) is 25.7. The summed E-state index contributed by atoms with van der Waals surface area (Å²) in [5, 5.41) is 4.99. The van der Waals surface area contributed by atoms with Crippen molar-refractivity contribution in [3.05, 3.63) is 52.5 Å². The molecule has 2 aromatic rings. The van der Waals surface area contributed by atoms with Crippen molar-refractivity contribution < 1.29 is 14.4 Å². The number of Topliss-reactive ketones (excluding diaryl/α,β-unsaturated/α-hetero) is 1. The quantitative estimate of drug-likeness (QED) is 0.186. The summed E-state index contributed by atoms with van der Waals surface area (Å²) in [6, 6.07) is 8.57. The molecule has 4 atom stereocenters. The van der Waals surface area contributed by atoms with Gasteiger partial charge < -0.3 is 21.7 Å². The number of benzene rings is 1. The van der Waals surface area contributed by atoms with E-state index in [-0.39, 0.29) is 29.5 Å². The molecule has 1 aromatic heterocycles. The highest BCUT2D eigenvalue weighted by atomic mass is 32.2. The molecule has 5 N–H and O–H groups in total. The summed E-state index contributed by atoms with van der Waals surface area (Å²) >= 11 is 2.87. The van der Waals surface area contributed by atoms with E-state index in [9.17, 15) is 14.4 Å². The molecule has 9 nitrogen and oxygen atoms in total. The molecular formula is C25H32N6O3S2. The maximum atomic E-state index is 13.6. The Morgan fingerprint density at radius 2 is 2.08 bits per heavy atom. The Morgan fingerprint density at radius 3 is 2.78 bits per heavy atom. The van der Waals surface area contributed by atoms with Crippen molar-refractivity contribution in [2.75, 3.05) is 12.3 Å². The standard InChI is InChI=1S/C25H32N6O3S2/c1-25-10-9-17(14-16-6-3-2-4-7-16)23(34)31(25)19(15-36-25)21(33)30-18(8-5-11-29-24(26)27)20(32)22-28-12-13-35-22/h2-4,6-7,12-13,17-19H,5,8-11,14-15H2,1H3,(H,30,33)(H4,26,27,29). The number of guanidine groups is 1. The first-order valence-electron chi connectivity index (χ1n) is 12.1. The van der Waals surface area contributed by atoms with Gasteiger partial charge >= 0.3 is 0 Å². The summed E-state index contributed by atoms with van der Waals surface area (Å²) < 4.78 is 0. The maximum Gasteiger partial charge on any atom is 0.244 e. The number of rotatable bonds is 10. The van der Waals surface area contributed by atoms with E-state index >= 15 is 0 Å². The lowest BCUT2D eigenvalue weighted by atomic mass is 9.86. The predicted molar refractivity (Wildman–Crippen MR) is 143 cm³/mol. The van der Waals surface area contributed by atoms with Crippen molar-refractivity contribution in [1.82, 2.24) is 15.2 Å². The van der Waals surface area contributed by atoms with Gasteiger partial charge in [0.05, 0.1) is 10.9 Å². The SMILES string of the molecule is CC12CCC(Cc3ccccc3)C(=O)N1C(C(=O)NC(CCCN=C(N)N)C(=O)c1nccs1)CS2.